The van der Waals surface area contributed by atoms with Gasteiger partial charge in [-0.3, -0.25) is 0 Å². The molecule has 2 rings (SSSR count). The monoisotopic (exact) mass is 239 g/mol. The van der Waals surface area contributed by atoms with Crippen LogP contribution in [0.1, 0.15) is 37.8 Å². The van der Waals surface area contributed by atoms with Crippen molar-refractivity contribution in [1.82, 2.24) is 0 Å². The summed E-state index contributed by atoms with van der Waals surface area (Å²) in [6.07, 6.45) is 3.46. The number of nitrogens with two attached hydrogens (primary N) is 1. The van der Waals surface area contributed by atoms with E-state index in [2.05, 4.69) is 55.5 Å². The van der Waals surface area contributed by atoms with E-state index in [4.69, 9.17) is 5.73 Å². The van der Waals surface area contributed by atoms with Gasteiger partial charge in [0, 0.05) is 6.04 Å². The summed E-state index contributed by atoms with van der Waals surface area (Å²) in [4.78, 5) is 0. The molecule has 0 saturated heterocycles. The second-order valence-corrected chi connectivity index (χ2v) is 4.74. The van der Waals surface area contributed by atoms with Crippen LogP contribution in [-0.2, 0) is 0 Å². The lowest BCUT2D eigenvalue weighted by molar-refractivity contribution is 0.603. The maximum absolute atomic E-state index is 6.23. The van der Waals surface area contributed by atoms with Gasteiger partial charge in [0.1, 0.15) is 0 Å². The molecular weight excluding hydrogens is 218 g/mol. The summed E-state index contributed by atoms with van der Waals surface area (Å²) in [5, 5.41) is 0. The maximum Gasteiger partial charge on any atom is 0.0295 e. The van der Waals surface area contributed by atoms with Gasteiger partial charge in [-0.1, -0.05) is 68.3 Å². The van der Waals surface area contributed by atoms with Crippen LogP contribution in [0.25, 0.3) is 11.1 Å². The summed E-state index contributed by atoms with van der Waals surface area (Å²) in [6, 6.07) is 19.2. The predicted octanol–water partition coefficient (Wildman–Crippen LogP) is 4.54. The minimum absolute atomic E-state index is 0.161. The molecule has 1 unspecified atom stereocenters. The third-order valence-electron chi connectivity index (χ3n) is 3.29. The smallest absolute Gasteiger partial charge is 0.0295 e. The Labute approximate surface area is 110 Å². The molecule has 0 aliphatic carbocycles. The third-order valence-corrected chi connectivity index (χ3v) is 3.29. The van der Waals surface area contributed by atoms with Gasteiger partial charge >= 0.3 is 0 Å². The lowest BCUT2D eigenvalue weighted by atomic mass is 9.97. The summed E-state index contributed by atoms with van der Waals surface area (Å²) >= 11 is 0. The van der Waals surface area contributed by atoms with Crippen LogP contribution in [0.2, 0.25) is 0 Å². The van der Waals surface area contributed by atoms with Crippen molar-refractivity contribution in [2.24, 2.45) is 5.73 Å². The van der Waals surface area contributed by atoms with Crippen molar-refractivity contribution in [2.75, 3.05) is 0 Å². The Kier molecular flexibility index (Phi) is 4.54. The van der Waals surface area contributed by atoms with Gasteiger partial charge in [-0.25, -0.2) is 0 Å². The minimum atomic E-state index is 0.161. The first-order chi connectivity index (χ1) is 8.81. The van der Waals surface area contributed by atoms with Crippen molar-refractivity contribution in [3.63, 3.8) is 0 Å². The summed E-state index contributed by atoms with van der Waals surface area (Å²) in [7, 11) is 0. The van der Waals surface area contributed by atoms with E-state index in [1.165, 1.54) is 29.5 Å². The van der Waals surface area contributed by atoms with E-state index in [9.17, 15) is 0 Å². The van der Waals surface area contributed by atoms with E-state index in [-0.39, 0.29) is 6.04 Å². The molecule has 94 valence electrons. The molecule has 0 bridgehead atoms. The van der Waals surface area contributed by atoms with Gasteiger partial charge in [0.05, 0.1) is 0 Å². The van der Waals surface area contributed by atoms with E-state index in [0.717, 1.165) is 6.42 Å². The lowest BCUT2D eigenvalue weighted by Crippen LogP contribution is -2.09. The van der Waals surface area contributed by atoms with Crippen molar-refractivity contribution < 1.29 is 0 Å². The van der Waals surface area contributed by atoms with Crippen LogP contribution >= 0.6 is 0 Å². The van der Waals surface area contributed by atoms with Crippen LogP contribution in [0.3, 0.4) is 0 Å². The minimum Gasteiger partial charge on any atom is -0.324 e. The van der Waals surface area contributed by atoms with Crippen molar-refractivity contribution >= 4 is 0 Å². The van der Waals surface area contributed by atoms with Crippen molar-refractivity contribution in [1.29, 1.82) is 0 Å². The largest absolute Gasteiger partial charge is 0.324 e. The van der Waals surface area contributed by atoms with Crippen LogP contribution in [-0.4, -0.2) is 0 Å². The average molecular weight is 239 g/mol. The number of unbranched alkanes of at least 4 members (excludes halogenated alkanes) is 1. The molecule has 18 heavy (non-hydrogen) atoms. The summed E-state index contributed by atoms with van der Waals surface area (Å²) < 4.78 is 0. The highest BCUT2D eigenvalue weighted by atomic mass is 14.6. The second-order valence-electron chi connectivity index (χ2n) is 4.74. The molecule has 0 aliphatic heterocycles. The Morgan fingerprint density at radius 1 is 0.944 bits per heavy atom. The van der Waals surface area contributed by atoms with Gasteiger partial charge in [0.15, 0.2) is 0 Å². The summed E-state index contributed by atoms with van der Waals surface area (Å²) in [6.45, 7) is 2.20. The molecule has 2 N–H and O–H groups in total. The van der Waals surface area contributed by atoms with Gasteiger partial charge in [-0.2, -0.15) is 0 Å². The summed E-state index contributed by atoms with van der Waals surface area (Å²) in [5.41, 5.74) is 9.97. The highest BCUT2D eigenvalue weighted by Gasteiger charge is 2.06. The zero-order valence-electron chi connectivity index (χ0n) is 11.0. The van der Waals surface area contributed by atoms with Crippen LogP contribution in [0.5, 0.6) is 0 Å². The van der Waals surface area contributed by atoms with Gasteiger partial charge in [-0.15, -0.1) is 0 Å². The zero-order valence-corrected chi connectivity index (χ0v) is 11.0. The topological polar surface area (TPSA) is 26.0 Å². The fourth-order valence-corrected chi connectivity index (χ4v) is 2.17. The molecule has 0 heterocycles. The van der Waals surface area contributed by atoms with E-state index >= 15 is 0 Å². The highest BCUT2D eigenvalue weighted by molar-refractivity contribution is 5.64. The van der Waals surface area contributed by atoms with Crippen molar-refractivity contribution in [3.05, 3.63) is 60.2 Å². The first-order valence-corrected chi connectivity index (χ1v) is 6.72. The number of hydrogen-bond donors (Lipinski definition) is 1. The number of hydrogen-bond acceptors (Lipinski definition) is 1. The molecule has 0 amide bonds. The highest BCUT2D eigenvalue weighted by Crippen LogP contribution is 2.24. The Balaban J connectivity index is 2.20. The van der Waals surface area contributed by atoms with Gasteiger partial charge in [0.2, 0.25) is 0 Å². The Hall–Kier alpha value is -1.60. The molecule has 0 saturated carbocycles. The standard InChI is InChI=1S/C17H21N/c1-2-3-12-17(18)16-11-7-10-15(13-16)14-8-5-4-6-9-14/h4-11,13,17H,2-3,12,18H2,1H3. The molecule has 0 radical (unpaired) electrons. The Morgan fingerprint density at radius 2 is 1.67 bits per heavy atom. The van der Waals surface area contributed by atoms with E-state index in [0.29, 0.717) is 0 Å². The molecular formula is C17H21N. The number of rotatable bonds is 5. The van der Waals surface area contributed by atoms with Crippen LogP contribution in [0.4, 0.5) is 0 Å². The Bertz CT molecular complexity index is 476. The average Bonchev–Trinajstić information content (AvgIpc) is 2.46. The third kappa shape index (κ3) is 3.21. The van der Waals surface area contributed by atoms with Crippen molar-refractivity contribution in [2.45, 2.75) is 32.2 Å². The molecule has 2 aromatic carbocycles. The zero-order chi connectivity index (χ0) is 12.8. The van der Waals surface area contributed by atoms with Gasteiger partial charge < -0.3 is 5.73 Å². The molecule has 0 aromatic heterocycles. The Morgan fingerprint density at radius 3 is 2.39 bits per heavy atom. The van der Waals surface area contributed by atoms with Crippen LogP contribution in [0, 0.1) is 0 Å². The van der Waals surface area contributed by atoms with Crippen molar-refractivity contribution in [3.8, 4) is 11.1 Å². The fourth-order valence-electron chi connectivity index (χ4n) is 2.17. The van der Waals surface area contributed by atoms with E-state index in [1.54, 1.807) is 0 Å². The quantitative estimate of drug-likeness (QED) is 0.814. The fraction of sp³-hybridized carbons (Fsp3) is 0.294. The molecule has 0 aliphatic rings. The summed E-state index contributed by atoms with van der Waals surface area (Å²) in [5.74, 6) is 0. The van der Waals surface area contributed by atoms with Gasteiger partial charge in [0.25, 0.3) is 0 Å². The molecule has 0 spiro atoms. The lowest BCUT2D eigenvalue weighted by Gasteiger charge is -2.13. The molecule has 0 fully saturated rings. The molecule has 2 aromatic rings. The maximum atomic E-state index is 6.23. The molecule has 1 atom stereocenters. The number of benzene rings is 2. The second kappa shape index (κ2) is 6.36. The SMILES string of the molecule is CCCCC(N)c1cccc(-c2ccccc2)c1. The molecule has 1 heteroatoms. The normalized spacial score (nSPS) is 12.3. The predicted molar refractivity (Wildman–Crippen MR) is 78.3 cm³/mol. The molecule has 1 nitrogen and oxygen atoms in total. The van der Waals surface area contributed by atoms with E-state index < -0.39 is 0 Å². The first-order valence-electron chi connectivity index (χ1n) is 6.72. The van der Waals surface area contributed by atoms with Crippen LogP contribution in [0.15, 0.2) is 54.6 Å². The van der Waals surface area contributed by atoms with E-state index in [1.807, 2.05) is 6.07 Å². The van der Waals surface area contributed by atoms with Crippen LogP contribution < -0.4 is 5.73 Å². The van der Waals surface area contributed by atoms with Gasteiger partial charge in [-0.05, 0) is 29.2 Å². The first kappa shape index (κ1) is 12.8.